The summed E-state index contributed by atoms with van der Waals surface area (Å²) in [5, 5.41) is 16.3. The van der Waals surface area contributed by atoms with Crippen molar-refractivity contribution in [3.63, 3.8) is 0 Å². The smallest absolute Gasteiger partial charge is 0.178 e. The molecule has 1 aliphatic rings. The van der Waals surface area contributed by atoms with Gasteiger partial charge in [-0.15, -0.1) is 15.3 Å². The van der Waals surface area contributed by atoms with Crippen molar-refractivity contribution in [3.8, 4) is 0 Å². The first-order valence-electron chi connectivity index (χ1n) is 8.95. The molecule has 0 aliphatic carbocycles. The Morgan fingerprint density at radius 2 is 1.80 bits per heavy atom. The molecule has 2 aromatic heterocycles. The predicted octanol–water partition coefficient (Wildman–Crippen LogP) is 3.07. The maximum Gasteiger partial charge on any atom is 0.178 e. The van der Waals surface area contributed by atoms with Crippen molar-refractivity contribution in [1.29, 1.82) is 0 Å². The number of rotatable bonds is 4. The Labute approximate surface area is 147 Å². The fourth-order valence-electron chi connectivity index (χ4n) is 3.56. The van der Waals surface area contributed by atoms with Crippen molar-refractivity contribution < 1.29 is 0 Å². The van der Waals surface area contributed by atoms with Gasteiger partial charge in [-0.1, -0.05) is 30.3 Å². The summed E-state index contributed by atoms with van der Waals surface area (Å²) in [5.74, 6) is 1.70. The molecular formula is C19H24N6. The zero-order valence-electron chi connectivity index (χ0n) is 14.8. The number of aryl methyl sites for hydroxylation is 1. The van der Waals surface area contributed by atoms with Crippen LogP contribution in [0.3, 0.4) is 0 Å². The monoisotopic (exact) mass is 336 g/mol. The fourth-order valence-corrected chi connectivity index (χ4v) is 3.56. The van der Waals surface area contributed by atoms with Crippen LogP contribution in [0, 0.1) is 6.92 Å². The lowest BCUT2D eigenvalue weighted by atomic mass is 10.0. The van der Waals surface area contributed by atoms with Crippen LogP contribution in [0.25, 0.3) is 5.65 Å². The quantitative estimate of drug-likeness (QED) is 0.793. The highest BCUT2D eigenvalue weighted by atomic mass is 15.4. The summed E-state index contributed by atoms with van der Waals surface area (Å²) < 4.78 is 1.79. The molecule has 6 nitrogen and oxygen atoms in total. The van der Waals surface area contributed by atoms with Crippen LogP contribution in [0.1, 0.15) is 37.2 Å². The lowest BCUT2D eigenvalue weighted by Gasteiger charge is -2.36. The number of aromatic nitrogens is 4. The van der Waals surface area contributed by atoms with Gasteiger partial charge in [0.15, 0.2) is 11.5 Å². The molecule has 3 heterocycles. The summed E-state index contributed by atoms with van der Waals surface area (Å²) in [4.78, 5) is 2.56. The normalized spacial score (nSPS) is 17.7. The Hall–Kier alpha value is -2.47. The van der Waals surface area contributed by atoms with E-state index in [1.165, 1.54) is 5.56 Å². The Morgan fingerprint density at radius 3 is 2.56 bits per heavy atom. The molecular weight excluding hydrogens is 312 g/mol. The van der Waals surface area contributed by atoms with Crippen molar-refractivity contribution in [3.05, 3.63) is 53.9 Å². The number of nitrogens with one attached hydrogen (secondary N) is 1. The van der Waals surface area contributed by atoms with Gasteiger partial charge in [0.05, 0.1) is 0 Å². The van der Waals surface area contributed by atoms with Gasteiger partial charge >= 0.3 is 0 Å². The van der Waals surface area contributed by atoms with E-state index in [0.29, 0.717) is 12.1 Å². The number of anilines is 1. The molecule has 1 unspecified atom stereocenters. The molecule has 0 spiro atoms. The number of fused-ring (bicyclic) bond motifs is 1. The third kappa shape index (κ3) is 3.35. The Bertz CT molecular complexity index is 836. The second kappa shape index (κ2) is 6.80. The van der Waals surface area contributed by atoms with Crippen molar-refractivity contribution >= 4 is 11.5 Å². The van der Waals surface area contributed by atoms with E-state index in [1.54, 1.807) is 4.52 Å². The zero-order chi connectivity index (χ0) is 17.2. The summed E-state index contributed by atoms with van der Waals surface area (Å²) in [6.45, 7) is 6.41. The number of hydrogen-bond acceptors (Lipinski definition) is 5. The Morgan fingerprint density at radius 1 is 1.04 bits per heavy atom. The highest BCUT2D eigenvalue weighted by Gasteiger charge is 2.23. The number of likely N-dealkylation sites (tertiary alicyclic amines) is 1. The van der Waals surface area contributed by atoms with Crippen molar-refractivity contribution in [1.82, 2.24) is 24.7 Å². The van der Waals surface area contributed by atoms with Gasteiger partial charge in [-0.3, -0.25) is 4.90 Å². The minimum absolute atomic E-state index is 0.459. The van der Waals surface area contributed by atoms with Crippen molar-refractivity contribution in [2.75, 3.05) is 18.4 Å². The van der Waals surface area contributed by atoms with E-state index in [4.69, 9.17) is 0 Å². The molecule has 0 saturated carbocycles. The third-order valence-electron chi connectivity index (χ3n) is 5.13. The summed E-state index contributed by atoms with van der Waals surface area (Å²) in [6, 6.07) is 15.6. The lowest BCUT2D eigenvalue weighted by Crippen LogP contribution is -2.40. The molecule has 6 heteroatoms. The third-order valence-corrected chi connectivity index (χ3v) is 5.13. The second-order valence-electron chi connectivity index (χ2n) is 6.78. The minimum atomic E-state index is 0.459. The Kier molecular flexibility index (Phi) is 4.36. The highest BCUT2D eigenvalue weighted by molar-refractivity contribution is 5.44. The van der Waals surface area contributed by atoms with Crippen molar-refractivity contribution in [2.24, 2.45) is 0 Å². The maximum absolute atomic E-state index is 4.60. The highest BCUT2D eigenvalue weighted by Crippen LogP contribution is 2.25. The van der Waals surface area contributed by atoms with Gasteiger partial charge in [0.25, 0.3) is 0 Å². The molecule has 1 fully saturated rings. The first kappa shape index (κ1) is 16.0. The van der Waals surface area contributed by atoms with Crippen LogP contribution in [0.5, 0.6) is 0 Å². The molecule has 0 bridgehead atoms. The molecule has 1 atom stereocenters. The number of benzene rings is 1. The van der Waals surface area contributed by atoms with Gasteiger partial charge < -0.3 is 5.32 Å². The van der Waals surface area contributed by atoms with Crippen molar-refractivity contribution in [2.45, 2.75) is 38.8 Å². The number of hydrogen-bond donors (Lipinski definition) is 1. The first-order chi connectivity index (χ1) is 12.2. The molecule has 130 valence electrons. The van der Waals surface area contributed by atoms with E-state index in [2.05, 4.69) is 62.8 Å². The molecule has 0 amide bonds. The van der Waals surface area contributed by atoms with Gasteiger partial charge in [0.1, 0.15) is 5.82 Å². The van der Waals surface area contributed by atoms with Crippen LogP contribution in [0.15, 0.2) is 42.5 Å². The molecule has 1 saturated heterocycles. The number of piperidine rings is 1. The topological polar surface area (TPSA) is 58.4 Å². The van der Waals surface area contributed by atoms with Crippen LogP contribution >= 0.6 is 0 Å². The van der Waals surface area contributed by atoms with Gasteiger partial charge in [0.2, 0.25) is 0 Å². The molecule has 4 rings (SSSR count). The lowest BCUT2D eigenvalue weighted by molar-refractivity contribution is 0.167. The molecule has 1 aromatic carbocycles. The minimum Gasteiger partial charge on any atom is -0.366 e. The van der Waals surface area contributed by atoms with Crippen LogP contribution in [0.4, 0.5) is 5.82 Å². The van der Waals surface area contributed by atoms with E-state index >= 15 is 0 Å². The summed E-state index contributed by atoms with van der Waals surface area (Å²) in [7, 11) is 0. The predicted molar refractivity (Wildman–Crippen MR) is 98.6 cm³/mol. The van der Waals surface area contributed by atoms with Crippen LogP contribution in [-0.4, -0.2) is 43.8 Å². The summed E-state index contributed by atoms with van der Waals surface area (Å²) in [5.41, 5.74) is 2.18. The molecule has 0 radical (unpaired) electrons. The average Bonchev–Trinajstić information content (AvgIpc) is 3.03. The van der Waals surface area contributed by atoms with Gasteiger partial charge in [0, 0.05) is 25.2 Å². The standard InChI is InChI=1S/C19H24N6/c1-14(16-6-4-3-5-7-16)24-12-10-17(11-13-24)20-18-8-9-19-22-21-15(2)25(19)23-18/h3-9,14,17H,10-13H2,1-2H3,(H,20,23). The molecule has 1 N–H and O–H groups in total. The summed E-state index contributed by atoms with van der Waals surface area (Å²) in [6.07, 6.45) is 2.25. The van der Waals surface area contributed by atoms with Gasteiger partial charge in [-0.25, -0.2) is 0 Å². The van der Waals surface area contributed by atoms with E-state index in [0.717, 1.165) is 43.2 Å². The average molecular weight is 336 g/mol. The van der Waals surface area contributed by atoms with E-state index in [1.807, 2.05) is 19.1 Å². The molecule has 3 aromatic rings. The Balaban J connectivity index is 1.37. The van der Waals surface area contributed by atoms with Crippen LogP contribution in [0.2, 0.25) is 0 Å². The number of nitrogens with zero attached hydrogens (tertiary/aromatic N) is 5. The SMILES string of the molecule is Cc1nnc2ccc(NC3CCN(C(C)c4ccccc4)CC3)nn12. The van der Waals surface area contributed by atoms with Crippen LogP contribution < -0.4 is 5.32 Å². The van der Waals surface area contributed by atoms with Gasteiger partial charge in [-0.05, 0) is 44.4 Å². The van der Waals surface area contributed by atoms with E-state index < -0.39 is 0 Å². The van der Waals surface area contributed by atoms with E-state index in [9.17, 15) is 0 Å². The molecule has 25 heavy (non-hydrogen) atoms. The first-order valence-corrected chi connectivity index (χ1v) is 8.95. The fraction of sp³-hybridized carbons (Fsp3) is 0.421. The van der Waals surface area contributed by atoms with E-state index in [-0.39, 0.29) is 0 Å². The van der Waals surface area contributed by atoms with Crippen LogP contribution in [-0.2, 0) is 0 Å². The summed E-state index contributed by atoms with van der Waals surface area (Å²) >= 11 is 0. The zero-order valence-corrected chi connectivity index (χ0v) is 14.8. The maximum atomic E-state index is 4.60. The van der Waals surface area contributed by atoms with Gasteiger partial charge in [-0.2, -0.15) is 4.52 Å². The molecule has 1 aliphatic heterocycles. The largest absolute Gasteiger partial charge is 0.366 e. The second-order valence-corrected chi connectivity index (χ2v) is 6.78.